The Morgan fingerprint density at radius 1 is 1.50 bits per heavy atom. The van der Waals surface area contributed by atoms with Crippen LogP contribution in [0.3, 0.4) is 0 Å². The maximum absolute atomic E-state index is 6.03. The second-order valence-electron chi connectivity index (χ2n) is 4.48. The van der Waals surface area contributed by atoms with E-state index >= 15 is 0 Å². The highest BCUT2D eigenvalue weighted by Crippen LogP contribution is 2.27. The third-order valence-corrected chi connectivity index (χ3v) is 3.77. The van der Waals surface area contributed by atoms with Crippen LogP contribution < -0.4 is 4.90 Å². The smallest absolute Gasteiger partial charge is 0.137 e. The molecule has 0 amide bonds. The number of anilines is 1. The van der Waals surface area contributed by atoms with Gasteiger partial charge in [-0.2, -0.15) is 0 Å². The van der Waals surface area contributed by atoms with Gasteiger partial charge >= 0.3 is 0 Å². The molecule has 0 radical (unpaired) electrons. The van der Waals surface area contributed by atoms with Crippen molar-refractivity contribution in [1.82, 2.24) is 9.97 Å². The zero-order valence-electron chi connectivity index (χ0n) is 9.91. The van der Waals surface area contributed by atoms with E-state index in [1.54, 1.807) is 6.33 Å². The molecule has 0 saturated carbocycles. The van der Waals surface area contributed by atoms with Gasteiger partial charge in [-0.25, -0.2) is 9.97 Å². The molecule has 1 aliphatic rings. The molecule has 1 aromatic rings. The minimum Gasteiger partial charge on any atom is -0.356 e. The number of rotatable bonds is 2. The molecule has 1 aromatic heterocycles. The summed E-state index contributed by atoms with van der Waals surface area (Å²) in [5.74, 6) is 1.81. The molecule has 4 heteroatoms. The van der Waals surface area contributed by atoms with Crippen LogP contribution in [0, 0.1) is 12.8 Å². The van der Waals surface area contributed by atoms with Crippen LogP contribution in [0.5, 0.6) is 0 Å². The Balaban J connectivity index is 2.20. The zero-order valence-corrected chi connectivity index (χ0v) is 10.7. The highest BCUT2D eigenvalue weighted by molar-refractivity contribution is 6.30. The quantitative estimate of drug-likeness (QED) is 0.743. The van der Waals surface area contributed by atoms with Crippen LogP contribution in [-0.2, 0) is 0 Å². The first kappa shape index (κ1) is 11.6. The normalized spacial score (nSPS) is 21.2. The van der Waals surface area contributed by atoms with E-state index in [0.717, 1.165) is 30.4 Å². The first-order valence-corrected chi connectivity index (χ1v) is 6.32. The van der Waals surface area contributed by atoms with Crippen LogP contribution in [0.2, 0.25) is 5.15 Å². The molecular weight excluding hydrogens is 222 g/mol. The molecule has 88 valence electrons. The van der Waals surface area contributed by atoms with Gasteiger partial charge in [0.1, 0.15) is 17.3 Å². The van der Waals surface area contributed by atoms with Gasteiger partial charge in [-0.05, 0) is 25.7 Å². The Bertz CT molecular complexity index is 367. The summed E-state index contributed by atoms with van der Waals surface area (Å²) in [5, 5.41) is 0.573. The molecule has 1 fully saturated rings. The van der Waals surface area contributed by atoms with E-state index in [2.05, 4.69) is 21.8 Å². The van der Waals surface area contributed by atoms with E-state index in [-0.39, 0.29) is 0 Å². The third-order valence-electron chi connectivity index (χ3n) is 3.39. The Labute approximate surface area is 102 Å². The number of aromatic nitrogens is 2. The molecular formula is C12H18ClN3. The molecule has 16 heavy (non-hydrogen) atoms. The van der Waals surface area contributed by atoms with Crippen molar-refractivity contribution in [3.05, 3.63) is 17.0 Å². The predicted molar refractivity (Wildman–Crippen MR) is 67.0 cm³/mol. The van der Waals surface area contributed by atoms with Gasteiger partial charge in [0.15, 0.2) is 0 Å². The van der Waals surface area contributed by atoms with Crippen LogP contribution in [-0.4, -0.2) is 23.1 Å². The molecule has 0 spiro atoms. The van der Waals surface area contributed by atoms with Gasteiger partial charge in [-0.1, -0.05) is 24.9 Å². The highest BCUT2D eigenvalue weighted by Gasteiger charge is 2.21. The summed E-state index contributed by atoms with van der Waals surface area (Å²) in [5.41, 5.74) is 1.00. The van der Waals surface area contributed by atoms with E-state index in [4.69, 9.17) is 11.6 Å². The van der Waals surface area contributed by atoms with Crippen LogP contribution >= 0.6 is 11.6 Å². The van der Waals surface area contributed by atoms with E-state index in [1.807, 2.05) is 6.92 Å². The number of nitrogens with zero attached hydrogens (tertiary/aromatic N) is 3. The van der Waals surface area contributed by atoms with E-state index < -0.39 is 0 Å². The average molecular weight is 240 g/mol. The summed E-state index contributed by atoms with van der Waals surface area (Å²) >= 11 is 6.03. The lowest BCUT2D eigenvalue weighted by Gasteiger charge is -2.33. The summed E-state index contributed by atoms with van der Waals surface area (Å²) in [6, 6.07) is 0. The largest absolute Gasteiger partial charge is 0.356 e. The molecule has 1 aliphatic heterocycles. The van der Waals surface area contributed by atoms with Gasteiger partial charge in [0.2, 0.25) is 0 Å². The SMILES string of the molecule is CCC1CCCN(c2ncnc(Cl)c2C)C1. The minimum absolute atomic E-state index is 0.573. The molecule has 1 saturated heterocycles. The summed E-state index contributed by atoms with van der Waals surface area (Å²) < 4.78 is 0. The van der Waals surface area contributed by atoms with Gasteiger partial charge < -0.3 is 4.90 Å². The maximum Gasteiger partial charge on any atom is 0.137 e. The summed E-state index contributed by atoms with van der Waals surface area (Å²) in [7, 11) is 0. The van der Waals surface area contributed by atoms with Gasteiger partial charge in [0, 0.05) is 18.7 Å². The van der Waals surface area contributed by atoms with Crippen molar-refractivity contribution in [2.75, 3.05) is 18.0 Å². The lowest BCUT2D eigenvalue weighted by Crippen LogP contribution is -2.36. The molecule has 3 nitrogen and oxygen atoms in total. The predicted octanol–water partition coefficient (Wildman–Crippen LogP) is 3.06. The van der Waals surface area contributed by atoms with Crippen LogP contribution in [0.4, 0.5) is 5.82 Å². The molecule has 2 rings (SSSR count). The average Bonchev–Trinajstić information content (AvgIpc) is 2.33. The monoisotopic (exact) mass is 239 g/mol. The number of hydrogen-bond donors (Lipinski definition) is 0. The van der Waals surface area contributed by atoms with Crippen molar-refractivity contribution >= 4 is 17.4 Å². The van der Waals surface area contributed by atoms with E-state index in [1.165, 1.54) is 19.3 Å². The summed E-state index contributed by atoms with van der Waals surface area (Å²) in [4.78, 5) is 10.7. The number of halogens is 1. The number of piperidine rings is 1. The zero-order chi connectivity index (χ0) is 11.5. The Kier molecular flexibility index (Phi) is 3.64. The standard InChI is InChI=1S/C12H18ClN3/c1-3-10-5-4-6-16(7-10)12-9(2)11(13)14-8-15-12/h8,10H,3-7H2,1-2H3. The lowest BCUT2D eigenvalue weighted by molar-refractivity contribution is 0.402. The van der Waals surface area contributed by atoms with Crippen molar-refractivity contribution in [1.29, 1.82) is 0 Å². The van der Waals surface area contributed by atoms with Gasteiger partial charge in [0.25, 0.3) is 0 Å². The molecule has 0 aliphatic carbocycles. The molecule has 2 heterocycles. The van der Waals surface area contributed by atoms with E-state index in [0.29, 0.717) is 5.15 Å². The molecule has 0 aromatic carbocycles. The first-order chi connectivity index (χ1) is 7.72. The fraction of sp³-hybridized carbons (Fsp3) is 0.667. The van der Waals surface area contributed by atoms with Crippen molar-refractivity contribution in [2.45, 2.75) is 33.1 Å². The Morgan fingerprint density at radius 3 is 3.06 bits per heavy atom. The lowest BCUT2D eigenvalue weighted by atomic mass is 9.95. The van der Waals surface area contributed by atoms with Crippen LogP contribution in [0.1, 0.15) is 31.7 Å². The van der Waals surface area contributed by atoms with Gasteiger partial charge in [-0.15, -0.1) is 0 Å². The van der Waals surface area contributed by atoms with Crippen molar-refractivity contribution in [2.24, 2.45) is 5.92 Å². The second-order valence-corrected chi connectivity index (χ2v) is 4.83. The van der Waals surface area contributed by atoms with Gasteiger partial charge in [-0.3, -0.25) is 0 Å². The number of hydrogen-bond acceptors (Lipinski definition) is 3. The van der Waals surface area contributed by atoms with E-state index in [9.17, 15) is 0 Å². The van der Waals surface area contributed by atoms with Crippen molar-refractivity contribution < 1.29 is 0 Å². The van der Waals surface area contributed by atoms with Crippen LogP contribution in [0.15, 0.2) is 6.33 Å². The Hall–Kier alpha value is -0.830. The topological polar surface area (TPSA) is 29.0 Å². The fourth-order valence-electron chi connectivity index (χ4n) is 2.33. The maximum atomic E-state index is 6.03. The molecule has 1 atom stereocenters. The molecule has 1 unspecified atom stereocenters. The minimum atomic E-state index is 0.573. The van der Waals surface area contributed by atoms with Crippen molar-refractivity contribution in [3.63, 3.8) is 0 Å². The van der Waals surface area contributed by atoms with Gasteiger partial charge in [0.05, 0.1) is 0 Å². The summed E-state index contributed by atoms with van der Waals surface area (Å²) in [6.07, 6.45) is 5.39. The second kappa shape index (κ2) is 5.00. The third kappa shape index (κ3) is 2.29. The van der Waals surface area contributed by atoms with Crippen LogP contribution in [0.25, 0.3) is 0 Å². The Morgan fingerprint density at radius 2 is 2.31 bits per heavy atom. The van der Waals surface area contributed by atoms with Crippen molar-refractivity contribution in [3.8, 4) is 0 Å². The molecule has 0 bridgehead atoms. The molecule has 0 N–H and O–H groups in total. The fourth-order valence-corrected chi connectivity index (χ4v) is 2.46. The summed E-state index contributed by atoms with van der Waals surface area (Å²) in [6.45, 7) is 6.44. The highest BCUT2D eigenvalue weighted by atomic mass is 35.5. The first-order valence-electron chi connectivity index (χ1n) is 5.94.